The van der Waals surface area contributed by atoms with Crippen LogP contribution in [-0.2, 0) is 6.18 Å². The van der Waals surface area contributed by atoms with Crippen molar-refractivity contribution < 1.29 is 26.7 Å². The number of fused-ring (bicyclic) bond motifs is 1. The molecule has 4 nitrogen and oxygen atoms in total. The smallest absolute Gasteiger partial charge is 0.372 e. The first-order valence-corrected chi connectivity index (χ1v) is 11.7. The molecule has 2 N–H and O–H groups in total. The van der Waals surface area contributed by atoms with E-state index >= 15 is 0 Å². The lowest BCUT2D eigenvalue weighted by molar-refractivity contribution is -0.140. The molecule has 10 heteroatoms. The van der Waals surface area contributed by atoms with Crippen molar-refractivity contribution in [1.29, 1.82) is 0 Å². The lowest BCUT2D eigenvalue weighted by Gasteiger charge is -2.32. The van der Waals surface area contributed by atoms with E-state index in [1.165, 1.54) is 18.2 Å². The predicted octanol–water partition coefficient (Wildman–Crippen LogP) is 6.65. The monoisotopic (exact) mass is 541 g/mol. The van der Waals surface area contributed by atoms with Gasteiger partial charge in [-0.25, -0.2) is 13.8 Å². The zero-order chi connectivity index (χ0) is 24.5. The third-order valence-corrected chi connectivity index (χ3v) is 6.99. The fraction of sp³-hybridized carbons (Fsp3) is 0.333. The molecule has 3 aromatic rings. The molecule has 0 unspecified atom stereocenters. The summed E-state index contributed by atoms with van der Waals surface area (Å²) >= 11 is 3.57. The van der Waals surface area contributed by atoms with E-state index in [0.717, 1.165) is 12.1 Å². The molecule has 2 aromatic carbocycles. The number of anilines is 1. The van der Waals surface area contributed by atoms with Crippen molar-refractivity contribution in [3.8, 4) is 0 Å². The van der Waals surface area contributed by atoms with Gasteiger partial charge in [0.05, 0.1) is 16.0 Å². The number of benzene rings is 2. The van der Waals surface area contributed by atoms with Gasteiger partial charge in [0, 0.05) is 17.1 Å². The van der Waals surface area contributed by atoms with Crippen LogP contribution in [0.5, 0.6) is 0 Å². The fourth-order valence-electron chi connectivity index (χ4n) is 4.20. The lowest BCUT2D eigenvalue weighted by Crippen LogP contribution is -2.40. The number of carbonyl (C=O) groups excluding carboxylic acids is 1. The molecule has 1 heterocycles. The molecule has 1 amide bonds. The Morgan fingerprint density at radius 3 is 2.44 bits per heavy atom. The molecule has 4 rings (SSSR count). The van der Waals surface area contributed by atoms with Crippen LogP contribution in [-0.4, -0.2) is 21.9 Å². The SMILES string of the molecule is O=C(NC1CCC([C@H](Br)Nc2cc(C(F)(F)F)nc3ccccc23)CC1)c1cccc(F)c1F. The van der Waals surface area contributed by atoms with E-state index in [2.05, 4.69) is 31.5 Å². The summed E-state index contributed by atoms with van der Waals surface area (Å²) in [6.45, 7) is 0. The first-order chi connectivity index (χ1) is 16.1. The van der Waals surface area contributed by atoms with E-state index in [-0.39, 0.29) is 28.0 Å². The maximum absolute atomic E-state index is 13.9. The van der Waals surface area contributed by atoms with Crippen molar-refractivity contribution in [1.82, 2.24) is 10.3 Å². The Hall–Kier alpha value is -2.75. The Kier molecular flexibility index (Phi) is 7.06. The minimum Gasteiger partial charge on any atom is -0.372 e. The molecule has 180 valence electrons. The molecule has 1 aliphatic rings. The van der Waals surface area contributed by atoms with Crippen molar-refractivity contribution in [2.24, 2.45) is 5.92 Å². The summed E-state index contributed by atoms with van der Waals surface area (Å²) < 4.78 is 67.2. The third-order valence-electron chi connectivity index (χ3n) is 6.02. The average molecular weight is 542 g/mol. The minimum atomic E-state index is -4.57. The molecule has 1 atom stereocenters. The van der Waals surface area contributed by atoms with Crippen LogP contribution in [0.4, 0.5) is 27.6 Å². The van der Waals surface area contributed by atoms with Gasteiger partial charge in [-0.15, -0.1) is 0 Å². The fourth-order valence-corrected chi connectivity index (χ4v) is 4.98. The maximum Gasteiger partial charge on any atom is 0.433 e. The van der Waals surface area contributed by atoms with E-state index in [0.29, 0.717) is 36.8 Å². The van der Waals surface area contributed by atoms with Crippen LogP contribution in [0.3, 0.4) is 0 Å². The summed E-state index contributed by atoms with van der Waals surface area (Å²) in [4.78, 5) is 15.8. The largest absolute Gasteiger partial charge is 0.433 e. The van der Waals surface area contributed by atoms with Crippen LogP contribution in [0.25, 0.3) is 10.9 Å². The van der Waals surface area contributed by atoms with E-state index < -0.39 is 29.4 Å². The molecular formula is C24H21BrF5N3O. The molecule has 34 heavy (non-hydrogen) atoms. The van der Waals surface area contributed by atoms with Crippen LogP contribution in [0.15, 0.2) is 48.5 Å². The third kappa shape index (κ3) is 5.32. The molecule has 0 saturated heterocycles. The van der Waals surface area contributed by atoms with Crippen LogP contribution in [0.1, 0.15) is 41.7 Å². The van der Waals surface area contributed by atoms with Crippen molar-refractivity contribution >= 4 is 38.4 Å². The van der Waals surface area contributed by atoms with Crippen molar-refractivity contribution in [3.05, 3.63) is 71.4 Å². The van der Waals surface area contributed by atoms with Gasteiger partial charge in [0.1, 0.15) is 5.69 Å². The van der Waals surface area contributed by atoms with Gasteiger partial charge < -0.3 is 10.6 Å². The summed E-state index contributed by atoms with van der Waals surface area (Å²) in [7, 11) is 0. The summed E-state index contributed by atoms with van der Waals surface area (Å²) in [5, 5.41) is 6.49. The van der Waals surface area contributed by atoms with Gasteiger partial charge in [0.25, 0.3) is 5.91 Å². The van der Waals surface area contributed by atoms with Gasteiger partial charge in [0.2, 0.25) is 0 Å². The first kappa shape index (κ1) is 24.4. The summed E-state index contributed by atoms with van der Waals surface area (Å²) in [5.41, 5.74) is -0.732. The predicted molar refractivity (Wildman–Crippen MR) is 123 cm³/mol. The highest BCUT2D eigenvalue weighted by atomic mass is 79.9. The Labute approximate surface area is 201 Å². The number of halogens is 6. The number of aromatic nitrogens is 1. The maximum atomic E-state index is 13.9. The van der Waals surface area contributed by atoms with Gasteiger partial charge in [0.15, 0.2) is 11.6 Å². The Balaban J connectivity index is 1.40. The van der Waals surface area contributed by atoms with E-state index in [4.69, 9.17) is 0 Å². The number of nitrogens with zero attached hydrogens (tertiary/aromatic N) is 1. The number of hydrogen-bond donors (Lipinski definition) is 2. The van der Waals surface area contributed by atoms with Crippen molar-refractivity contribution in [3.63, 3.8) is 0 Å². The second-order valence-electron chi connectivity index (χ2n) is 8.30. The summed E-state index contributed by atoms with van der Waals surface area (Å²) in [6.07, 6.45) is -2.02. The molecule has 0 aliphatic heterocycles. The minimum absolute atomic E-state index is 0.0836. The van der Waals surface area contributed by atoms with Crippen LogP contribution in [0.2, 0.25) is 0 Å². The normalized spacial score (nSPS) is 19.6. The number of para-hydroxylation sites is 1. The number of rotatable bonds is 5. The molecule has 1 fully saturated rings. The van der Waals surface area contributed by atoms with Crippen LogP contribution >= 0.6 is 15.9 Å². The summed E-state index contributed by atoms with van der Waals surface area (Å²) in [5.74, 6) is -2.85. The standard InChI is InChI=1S/C24H21BrF5N3O/c25-22(33-19-12-20(24(28,29)30)32-18-7-2-1-4-15(18)19)13-8-10-14(11-9-13)31-23(34)16-5-3-6-17(26)21(16)27/h1-7,12-14,22H,8-11H2,(H,31,34)(H,32,33)/t13?,14?,22-/m1/s1. The number of alkyl halides is 4. The van der Waals surface area contributed by atoms with Gasteiger partial charge in [-0.1, -0.05) is 40.2 Å². The van der Waals surface area contributed by atoms with E-state index in [9.17, 15) is 26.7 Å². The molecule has 1 aliphatic carbocycles. The van der Waals surface area contributed by atoms with Gasteiger partial charge >= 0.3 is 6.18 Å². The number of hydrogen-bond acceptors (Lipinski definition) is 3. The molecular weight excluding hydrogens is 521 g/mol. The Bertz CT molecular complexity index is 1190. The Morgan fingerprint density at radius 1 is 1.03 bits per heavy atom. The van der Waals surface area contributed by atoms with Crippen LogP contribution in [0, 0.1) is 17.6 Å². The van der Waals surface area contributed by atoms with Crippen LogP contribution < -0.4 is 10.6 Å². The molecule has 1 aromatic heterocycles. The summed E-state index contributed by atoms with van der Waals surface area (Å²) in [6, 6.07) is 10.9. The zero-order valence-electron chi connectivity index (χ0n) is 17.8. The van der Waals surface area contributed by atoms with E-state index in [1.54, 1.807) is 18.2 Å². The van der Waals surface area contributed by atoms with E-state index in [1.807, 2.05) is 0 Å². The molecule has 0 radical (unpaired) electrons. The van der Waals surface area contributed by atoms with Gasteiger partial charge in [-0.3, -0.25) is 4.79 Å². The second-order valence-corrected chi connectivity index (χ2v) is 9.29. The zero-order valence-corrected chi connectivity index (χ0v) is 19.4. The van der Waals surface area contributed by atoms with Gasteiger partial charge in [-0.2, -0.15) is 13.2 Å². The first-order valence-electron chi connectivity index (χ1n) is 10.8. The quantitative estimate of drug-likeness (QED) is 0.216. The highest BCUT2D eigenvalue weighted by molar-refractivity contribution is 9.09. The number of amides is 1. The van der Waals surface area contributed by atoms with Gasteiger partial charge in [-0.05, 0) is 55.9 Å². The molecule has 1 saturated carbocycles. The van der Waals surface area contributed by atoms with Crippen molar-refractivity contribution in [2.45, 2.75) is 42.9 Å². The Morgan fingerprint density at radius 2 is 1.74 bits per heavy atom. The number of nitrogens with one attached hydrogen (secondary N) is 2. The highest BCUT2D eigenvalue weighted by Gasteiger charge is 2.34. The highest BCUT2D eigenvalue weighted by Crippen LogP contribution is 2.36. The lowest BCUT2D eigenvalue weighted by atomic mass is 9.85. The molecule has 0 bridgehead atoms. The average Bonchev–Trinajstić information content (AvgIpc) is 2.80. The topological polar surface area (TPSA) is 54.0 Å². The van der Waals surface area contributed by atoms with Crippen molar-refractivity contribution in [2.75, 3.05) is 5.32 Å². The number of pyridine rings is 1. The second kappa shape index (κ2) is 9.85. The molecule has 0 spiro atoms. The number of carbonyl (C=O) groups is 1.